The lowest BCUT2D eigenvalue weighted by atomic mass is 9.93. The lowest BCUT2D eigenvalue weighted by molar-refractivity contribution is 1.11. The fourth-order valence-corrected chi connectivity index (χ4v) is 7.92. The summed E-state index contributed by atoms with van der Waals surface area (Å²) in [6.07, 6.45) is 0. The van der Waals surface area contributed by atoms with E-state index in [-0.39, 0.29) is 0 Å². The van der Waals surface area contributed by atoms with E-state index in [2.05, 4.69) is 187 Å². The highest BCUT2D eigenvalue weighted by Crippen LogP contribution is 2.44. The molecular weight excluding hydrogens is 613 g/mol. The zero-order valence-corrected chi connectivity index (χ0v) is 27.9. The summed E-state index contributed by atoms with van der Waals surface area (Å²) in [5.74, 6) is 0.947. The Hall–Kier alpha value is -6.03. The molecule has 2 heterocycles. The molecule has 0 fully saturated rings. The van der Waals surface area contributed by atoms with Gasteiger partial charge in [0.05, 0.1) is 16.7 Å². The molecule has 0 saturated carbocycles. The number of para-hydroxylation sites is 2. The van der Waals surface area contributed by atoms with Gasteiger partial charge in [-0.3, -0.25) is 4.57 Å². The van der Waals surface area contributed by atoms with Crippen LogP contribution in [0.4, 0.5) is 0 Å². The third-order valence-corrected chi connectivity index (χ3v) is 10.3. The van der Waals surface area contributed by atoms with Gasteiger partial charge >= 0.3 is 0 Å². The van der Waals surface area contributed by atoms with E-state index in [9.17, 15) is 0 Å². The van der Waals surface area contributed by atoms with Crippen LogP contribution in [0.1, 0.15) is 5.56 Å². The average molecular weight is 645 g/mol. The van der Waals surface area contributed by atoms with Crippen molar-refractivity contribution in [3.8, 4) is 61.6 Å². The van der Waals surface area contributed by atoms with Crippen LogP contribution >= 0.6 is 11.3 Å². The molecule has 7 aromatic carbocycles. The zero-order valence-electron chi connectivity index (χ0n) is 27.0. The Balaban J connectivity index is 1.28. The lowest BCUT2D eigenvalue weighted by Crippen LogP contribution is -2.03. The van der Waals surface area contributed by atoms with Crippen LogP contribution in [0.15, 0.2) is 175 Å². The van der Waals surface area contributed by atoms with Crippen molar-refractivity contribution in [2.75, 3.05) is 0 Å². The highest BCUT2D eigenvalue weighted by Gasteiger charge is 2.23. The minimum absolute atomic E-state index is 0.947. The first-order valence-electron chi connectivity index (χ1n) is 16.6. The summed E-state index contributed by atoms with van der Waals surface area (Å²) in [4.78, 5) is 5.39. The van der Waals surface area contributed by atoms with E-state index < -0.39 is 0 Å². The molecule has 0 spiro atoms. The Morgan fingerprint density at radius 3 is 1.61 bits per heavy atom. The Morgan fingerprint density at radius 2 is 0.980 bits per heavy atom. The van der Waals surface area contributed by atoms with Gasteiger partial charge in [0.1, 0.15) is 5.82 Å². The molecule has 0 aliphatic rings. The number of aryl methyl sites for hydroxylation is 1. The van der Waals surface area contributed by atoms with Crippen molar-refractivity contribution in [3.63, 3.8) is 0 Å². The molecule has 3 heteroatoms. The molecule has 0 aliphatic heterocycles. The van der Waals surface area contributed by atoms with Crippen LogP contribution in [-0.2, 0) is 0 Å². The molecule has 232 valence electrons. The molecule has 0 amide bonds. The summed E-state index contributed by atoms with van der Waals surface area (Å²) in [6, 6.07) is 60.9. The highest BCUT2D eigenvalue weighted by atomic mass is 32.1. The monoisotopic (exact) mass is 644 g/mol. The molecule has 9 rings (SSSR count). The standard InChI is InChI=1S/C46H32N2S/c1-31-27-38(35-15-7-3-8-16-35)45(39(28-31)36-17-9-4-10-18-36)48-43-20-12-11-19-42(43)47-46(48)41-30-49-44-26-25-37(29-40(41)44)34-23-21-33(22-24-34)32-13-5-2-6-14-32/h2-30H,1H3. The van der Waals surface area contributed by atoms with Crippen LogP contribution in [-0.4, -0.2) is 9.55 Å². The van der Waals surface area contributed by atoms with Crippen molar-refractivity contribution in [2.45, 2.75) is 6.92 Å². The number of benzene rings is 7. The maximum atomic E-state index is 5.39. The molecule has 0 aliphatic carbocycles. The first-order valence-corrected chi connectivity index (χ1v) is 17.5. The van der Waals surface area contributed by atoms with Gasteiger partial charge in [0.2, 0.25) is 0 Å². The quantitative estimate of drug-likeness (QED) is 0.176. The van der Waals surface area contributed by atoms with Gasteiger partial charge in [0, 0.05) is 32.2 Å². The molecule has 49 heavy (non-hydrogen) atoms. The summed E-state index contributed by atoms with van der Waals surface area (Å²) in [6.45, 7) is 2.19. The molecular formula is C46H32N2S. The van der Waals surface area contributed by atoms with Crippen molar-refractivity contribution in [1.82, 2.24) is 9.55 Å². The zero-order chi connectivity index (χ0) is 32.7. The smallest absolute Gasteiger partial charge is 0.147 e. The van der Waals surface area contributed by atoms with Gasteiger partial charge in [0.15, 0.2) is 0 Å². The lowest BCUT2D eigenvalue weighted by Gasteiger charge is -2.20. The normalized spacial score (nSPS) is 11.4. The second-order valence-electron chi connectivity index (χ2n) is 12.5. The second kappa shape index (κ2) is 12.2. The number of fused-ring (bicyclic) bond motifs is 2. The SMILES string of the molecule is Cc1cc(-c2ccccc2)c(-n2c(-c3csc4ccc(-c5ccc(-c6ccccc6)cc5)cc34)nc3ccccc32)c(-c2ccccc2)c1. The van der Waals surface area contributed by atoms with Gasteiger partial charge < -0.3 is 0 Å². The molecule has 0 bridgehead atoms. The summed E-state index contributed by atoms with van der Waals surface area (Å²) in [5, 5.41) is 3.49. The third-order valence-electron chi connectivity index (χ3n) is 9.35. The minimum Gasteiger partial charge on any atom is -0.291 e. The Labute approximate surface area is 290 Å². The second-order valence-corrected chi connectivity index (χ2v) is 13.4. The minimum atomic E-state index is 0.947. The van der Waals surface area contributed by atoms with E-state index >= 15 is 0 Å². The molecule has 0 atom stereocenters. The van der Waals surface area contributed by atoms with Gasteiger partial charge in [-0.1, -0.05) is 133 Å². The summed E-state index contributed by atoms with van der Waals surface area (Å²) in [5.41, 5.74) is 15.1. The third kappa shape index (κ3) is 5.25. The van der Waals surface area contributed by atoms with Crippen molar-refractivity contribution >= 4 is 32.5 Å². The molecule has 2 aromatic heterocycles. The summed E-state index contributed by atoms with van der Waals surface area (Å²) >= 11 is 1.78. The Morgan fingerprint density at radius 1 is 0.469 bits per heavy atom. The van der Waals surface area contributed by atoms with Crippen LogP contribution in [0.2, 0.25) is 0 Å². The van der Waals surface area contributed by atoms with Gasteiger partial charge in [-0.25, -0.2) is 4.98 Å². The largest absolute Gasteiger partial charge is 0.291 e. The van der Waals surface area contributed by atoms with Crippen molar-refractivity contribution in [3.05, 3.63) is 181 Å². The molecule has 0 radical (unpaired) electrons. The number of nitrogens with zero attached hydrogens (tertiary/aromatic N) is 2. The summed E-state index contributed by atoms with van der Waals surface area (Å²) in [7, 11) is 0. The van der Waals surface area contributed by atoms with Crippen molar-refractivity contribution in [1.29, 1.82) is 0 Å². The number of aromatic nitrogens is 2. The summed E-state index contributed by atoms with van der Waals surface area (Å²) < 4.78 is 3.65. The van der Waals surface area contributed by atoms with Crippen molar-refractivity contribution < 1.29 is 0 Å². The van der Waals surface area contributed by atoms with E-state index in [1.165, 1.54) is 60.2 Å². The fourth-order valence-electron chi connectivity index (χ4n) is 7.00. The predicted octanol–water partition coefficient (Wildman–Crippen LogP) is 12.9. The molecule has 0 N–H and O–H groups in total. The first kappa shape index (κ1) is 29.1. The van der Waals surface area contributed by atoms with Crippen LogP contribution in [0, 0.1) is 6.92 Å². The van der Waals surface area contributed by atoms with E-state index in [1.54, 1.807) is 11.3 Å². The number of hydrogen-bond donors (Lipinski definition) is 0. The molecule has 2 nitrogen and oxygen atoms in total. The van der Waals surface area contributed by atoms with Crippen LogP contribution in [0.25, 0.3) is 82.7 Å². The van der Waals surface area contributed by atoms with Gasteiger partial charge in [-0.15, -0.1) is 11.3 Å². The van der Waals surface area contributed by atoms with E-state index in [4.69, 9.17) is 4.98 Å². The highest BCUT2D eigenvalue weighted by molar-refractivity contribution is 7.17. The van der Waals surface area contributed by atoms with Crippen LogP contribution < -0.4 is 0 Å². The number of imidazole rings is 1. The predicted molar refractivity (Wildman–Crippen MR) is 208 cm³/mol. The number of rotatable bonds is 6. The van der Waals surface area contributed by atoms with Crippen LogP contribution in [0.5, 0.6) is 0 Å². The number of hydrogen-bond acceptors (Lipinski definition) is 2. The molecule has 0 unspecified atom stereocenters. The topological polar surface area (TPSA) is 17.8 Å². The van der Waals surface area contributed by atoms with Gasteiger partial charge in [-0.05, 0) is 82.3 Å². The average Bonchev–Trinajstić information content (AvgIpc) is 3.77. The first-order chi connectivity index (χ1) is 24.2. The maximum absolute atomic E-state index is 5.39. The fraction of sp³-hybridized carbons (Fsp3) is 0.0217. The van der Waals surface area contributed by atoms with E-state index in [1.807, 2.05) is 0 Å². The molecule has 0 saturated heterocycles. The van der Waals surface area contributed by atoms with Crippen molar-refractivity contribution in [2.24, 2.45) is 0 Å². The van der Waals surface area contributed by atoms with Crippen LogP contribution in [0.3, 0.4) is 0 Å². The Bertz CT molecular complexity index is 2520. The van der Waals surface area contributed by atoms with Gasteiger partial charge in [0.25, 0.3) is 0 Å². The maximum Gasteiger partial charge on any atom is 0.147 e. The van der Waals surface area contributed by atoms with E-state index in [0.29, 0.717) is 0 Å². The van der Waals surface area contributed by atoms with E-state index in [0.717, 1.165) is 28.1 Å². The Kier molecular flexibility index (Phi) is 7.26. The molecule has 9 aromatic rings. The number of thiophene rings is 1. The van der Waals surface area contributed by atoms with Gasteiger partial charge in [-0.2, -0.15) is 0 Å².